The molecule has 0 N–H and O–H groups in total. The summed E-state index contributed by atoms with van der Waals surface area (Å²) in [6.45, 7) is 8.15. The first-order chi connectivity index (χ1) is 9.15. The van der Waals surface area contributed by atoms with Crippen LogP contribution in [0, 0.1) is 5.41 Å². The fourth-order valence-corrected chi connectivity index (χ4v) is 1.72. The Bertz CT molecular complexity index is 348. The second kappa shape index (κ2) is 8.02. The summed E-state index contributed by atoms with van der Waals surface area (Å²) >= 11 is 0. The van der Waals surface area contributed by atoms with Gasteiger partial charge in [-0.15, -0.1) is 0 Å². The van der Waals surface area contributed by atoms with E-state index in [1.54, 1.807) is 19.0 Å². The number of nitrogens with zero attached hydrogens (tertiary/aromatic N) is 2. The van der Waals surface area contributed by atoms with Gasteiger partial charge < -0.3 is 9.80 Å². The van der Waals surface area contributed by atoms with Crippen LogP contribution in [-0.2, 0) is 14.4 Å². The fourth-order valence-electron chi connectivity index (χ4n) is 1.72. The summed E-state index contributed by atoms with van der Waals surface area (Å²) in [5.74, 6) is -0.195. The number of carbonyl (C=O) groups excluding carboxylic acids is 3. The normalized spacial score (nSPS) is 12.7. The highest BCUT2D eigenvalue weighted by Gasteiger charge is 2.32. The van der Waals surface area contributed by atoms with Crippen LogP contribution in [-0.4, -0.2) is 54.6 Å². The highest BCUT2D eigenvalue weighted by atomic mass is 16.2. The highest BCUT2D eigenvalue weighted by molar-refractivity contribution is 5.92. The summed E-state index contributed by atoms with van der Waals surface area (Å²) in [6, 6.07) is -0.707. The van der Waals surface area contributed by atoms with E-state index in [0.29, 0.717) is 13.0 Å². The third-order valence-electron chi connectivity index (χ3n) is 3.38. The first-order valence-corrected chi connectivity index (χ1v) is 7.10. The Hall–Kier alpha value is -1.39. The molecule has 0 saturated carbocycles. The number of Topliss-reactive ketones (excluding diaryl/α,β-unsaturated/α-hetero) is 1. The van der Waals surface area contributed by atoms with Crippen LogP contribution in [0.1, 0.15) is 47.0 Å². The van der Waals surface area contributed by atoms with Crippen LogP contribution in [0.5, 0.6) is 0 Å². The van der Waals surface area contributed by atoms with E-state index in [-0.39, 0.29) is 18.1 Å². The van der Waals surface area contributed by atoms with E-state index in [4.69, 9.17) is 0 Å². The van der Waals surface area contributed by atoms with Crippen molar-refractivity contribution in [3.8, 4) is 0 Å². The van der Waals surface area contributed by atoms with Crippen LogP contribution >= 0.6 is 0 Å². The average Bonchev–Trinajstić information content (AvgIpc) is 2.38. The van der Waals surface area contributed by atoms with Gasteiger partial charge in [-0.2, -0.15) is 0 Å². The Labute approximate surface area is 122 Å². The molecule has 1 unspecified atom stereocenters. The second-order valence-corrected chi connectivity index (χ2v) is 6.28. The number of amides is 2. The maximum absolute atomic E-state index is 12.4. The topological polar surface area (TPSA) is 57.7 Å². The van der Waals surface area contributed by atoms with E-state index < -0.39 is 11.5 Å². The minimum atomic E-state index is -0.707. The summed E-state index contributed by atoms with van der Waals surface area (Å²) in [5.41, 5.74) is -0.510. The van der Waals surface area contributed by atoms with Gasteiger partial charge in [0.2, 0.25) is 12.3 Å². The van der Waals surface area contributed by atoms with Crippen LogP contribution in [0.4, 0.5) is 0 Å². The quantitative estimate of drug-likeness (QED) is 0.638. The Morgan fingerprint density at radius 2 is 1.75 bits per heavy atom. The van der Waals surface area contributed by atoms with E-state index in [2.05, 4.69) is 6.92 Å². The molecular formula is C15H28N2O3. The van der Waals surface area contributed by atoms with Gasteiger partial charge in [-0.05, 0) is 6.42 Å². The van der Waals surface area contributed by atoms with E-state index >= 15 is 0 Å². The Balaban J connectivity index is 4.93. The molecular weight excluding hydrogens is 256 g/mol. The summed E-state index contributed by atoms with van der Waals surface area (Å²) in [7, 11) is 3.25. The molecule has 0 rings (SSSR count). The molecule has 0 heterocycles. The number of ketones is 1. The monoisotopic (exact) mass is 284 g/mol. The van der Waals surface area contributed by atoms with Crippen LogP contribution in [0.3, 0.4) is 0 Å². The molecule has 2 amide bonds. The lowest BCUT2D eigenvalue weighted by molar-refractivity contribution is -0.142. The maximum atomic E-state index is 12.4. The van der Waals surface area contributed by atoms with Gasteiger partial charge in [-0.25, -0.2) is 0 Å². The van der Waals surface area contributed by atoms with E-state index in [1.807, 2.05) is 20.8 Å². The number of likely N-dealkylation sites (N-methyl/N-ethyl adjacent to an activating group) is 2. The third-order valence-corrected chi connectivity index (χ3v) is 3.38. The SMILES string of the molecule is CCCCN(C)C(=O)C(CC(=O)C(C)(C)C)N(C)C=O. The predicted octanol–water partition coefficient (Wildman–Crippen LogP) is 1.71. The predicted molar refractivity (Wildman–Crippen MR) is 79.2 cm³/mol. The number of hydrogen-bond acceptors (Lipinski definition) is 3. The van der Waals surface area contributed by atoms with Crippen molar-refractivity contribution >= 4 is 18.1 Å². The van der Waals surface area contributed by atoms with Crippen LogP contribution < -0.4 is 0 Å². The van der Waals surface area contributed by atoms with Gasteiger partial charge in [0.25, 0.3) is 0 Å². The third kappa shape index (κ3) is 5.72. The largest absolute Gasteiger partial charge is 0.344 e. The Kier molecular flexibility index (Phi) is 7.46. The summed E-state index contributed by atoms with van der Waals surface area (Å²) in [4.78, 5) is 38.4. The number of rotatable bonds is 8. The molecule has 0 saturated heterocycles. The molecule has 0 aliphatic rings. The second-order valence-electron chi connectivity index (χ2n) is 6.28. The van der Waals surface area contributed by atoms with Crippen molar-refractivity contribution in [1.82, 2.24) is 9.80 Å². The van der Waals surface area contributed by atoms with Crippen LogP contribution in [0.15, 0.2) is 0 Å². The number of hydrogen-bond donors (Lipinski definition) is 0. The van der Waals surface area contributed by atoms with Crippen molar-refractivity contribution in [2.75, 3.05) is 20.6 Å². The zero-order valence-electron chi connectivity index (χ0n) is 13.6. The Morgan fingerprint density at radius 1 is 1.20 bits per heavy atom. The van der Waals surface area contributed by atoms with Gasteiger partial charge in [0.15, 0.2) is 0 Å². The number of unbranched alkanes of at least 4 members (excludes halogenated alkanes) is 1. The molecule has 1 atom stereocenters. The van der Waals surface area contributed by atoms with E-state index in [9.17, 15) is 14.4 Å². The van der Waals surface area contributed by atoms with Crippen molar-refractivity contribution in [2.24, 2.45) is 5.41 Å². The molecule has 5 nitrogen and oxygen atoms in total. The lowest BCUT2D eigenvalue weighted by Gasteiger charge is -2.29. The zero-order valence-corrected chi connectivity index (χ0v) is 13.6. The molecule has 0 aromatic carbocycles. The minimum absolute atomic E-state index is 0.0200. The van der Waals surface area contributed by atoms with Gasteiger partial charge in [0.1, 0.15) is 11.8 Å². The lowest BCUT2D eigenvalue weighted by Crippen LogP contribution is -2.47. The molecule has 0 aromatic rings. The van der Waals surface area contributed by atoms with Gasteiger partial charge in [0.05, 0.1) is 0 Å². The molecule has 0 bridgehead atoms. The average molecular weight is 284 g/mol. The molecule has 0 radical (unpaired) electrons. The van der Waals surface area contributed by atoms with E-state index in [1.165, 1.54) is 4.90 Å². The number of carbonyl (C=O) groups is 3. The maximum Gasteiger partial charge on any atom is 0.245 e. The smallest absolute Gasteiger partial charge is 0.245 e. The summed E-state index contributed by atoms with van der Waals surface area (Å²) < 4.78 is 0. The molecule has 20 heavy (non-hydrogen) atoms. The van der Waals surface area contributed by atoms with Crippen molar-refractivity contribution in [1.29, 1.82) is 0 Å². The van der Waals surface area contributed by atoms with Crippen LogP contribution in [0.25, 0.3) is 0 Å². The van der Waals surface area contributed by atoms with Gasteiger partial charge >= 0.3 is 0 Å². The highest BCUT2D eigenvalue weighted by Crippen LogP contribution is 2.19. The summed E-state index contributed by atoms with van der Waals surface area (Å²) in [5, 5.41) is 0. The standard InChI is InChI=1S/C15H28N2O3/c1-7-8-9-16(5)14(20)12(17(6)11-18)10-13(19)15(2,3)4/h11-12H,7-10H2,1-6H3. The Morgan fingerprint density at radius 3 is 2.15 bits per heavy atom. The van der Waals surface area contributed by atoms with Crippen molar-refractivity contribution < 1.29 is 14.4 Å². The van der Waals surface area contributed by atoms with E-state index in [0.717, 1.165) is 12.8 Å². The first-order valence-electron chi connectivity index (χ1n) is 7.10. The summed E-state index contributed by atoms with van der Waals surface area (Å²) in [6.07, 6.45) is 2.57. The first kappa shape index (κ1) is 18.6. The fraction of sp³-hybridized carbons (Fsp3) is 0.800. The molecule has 0 aromatic heterocycles. The molecule has 5 heteroatoms. The molecule has 0 spiro atoms. The van der Waals surface area contributed by atoms with Crippen LogP contribution in [0.2, 0.25) is 0 Å². The molecule has 0 aliphatic heterocycles. The lowest BCUT2D eigenvalue weighted by atomic mass is 9.86. The molecule has 116 valence electrons. The minimum Gasteiger partial charge on any atom is -0.344 e. The molecule has 0 aliphatic carbocycles. The molecule has 0 fully saturated rings. The van der Waals surface area contributed by atoms with Crippen molar-refractivity contribution in [3.63, 3.8) is 0 Å². The van der Waals surface area contributed by atoms with Gasteiger partial charge in [-0.1, -0.05) is 34.1 Å². The zero-order chi connectivity index (χ0) is 15.9. The van der Waals surface area contributed by atoms with Gasteiger partial charge in [0, 0.05) is 32.5 Å². The van der Waals surface area contributed by atoms with Crippen molar-refractivity contribution in [3.05, 3.63) is 0 Å². The van der Waals surface area contributed by atoms with Gasteiger partial charge in [-0.3, -0.25) is 14.4 Å². The van der Waals surface area contributed by atoms with Crippen molar-refractivity contribution in [2.45, 2.75) is 53.0 Å².